The molecule has 21 heavy (non-hydrogen) atoms. The molecule has 0 aliphatic carbocycles. The van der Waals surface area contributed by atoms with Gasteiger partial charge < -0.3 is 14.4 Å². The van der Waals surface area contributed by atoms with Crippen molar-refractivity contribution in [1.29, 1.82) is 0 Å². The summed E-state index contributed by atoms with van der Waals surface area (Å²) in [6, 6.07) is 5.15. The third-order valence-electron chi connectivity index (χ3n) is 3.32. The first-order chi connectivity index (χ1) is 9.85. The van der Waals surface area contributed by atoms with E-state index in [0.29, 0.717) is 23.7 Å². The quantitative estimate of drug-likeness (QED) is 0.910. The lowest BCUT2D eigenvalue weighted by atomic mass is 9.93. The molecule has 1 N–H and O–H groups in total. The Bertz CT molecular complexity index is 569. The molecule has 0 fully saturated rings. The fraction of sp³-hybridized carbons (Fsp3) is 0.467. The van der Waals surface area contributed by atoms with Crippen LogP contribution in [-0.2, 0) is 9.53 Å². The molecule has 1 aliphatic rings. The Kier molecular flexibility index (Phi) is 4.06. The molecule has 0 atom stereocenters. The van der Waals surface area contributed by atoms with Gasteiger partial charge in [0.2, 0.25) is 5.91 Å². The van der Waals surface area contributed by atoms with Crippen LogP contribution in [0.4, 0.5) is 16.2 Å². The van der Waals surface area contributed by atoms with Crippen molar-refractivity contribution in [2.45, 2.75) is 20.8 Å². The molecule has 0 spiro atoms. The number of fused-ring (bicyclic) bond motifs is 1. The van der Waals surface area contributed by atoms with Gasteiger partial charge in [-0.1, -0.05) is 0 Å². The number of ether oxygens (including phenoxy) is 2. The summed E-state index contributed by atoms with van der Waals surface area (Å²) in [5, 5.41) is 2.62. The van der Waals surface area contributed by atoms with Crippen LogP contribution < -0.4 is 15.0 Å². The Balaban J connectivity index is 2.27. The fourth-order valence-corrected chi connectivity index (χ4v) is 2.15. The number of hydrogen-bond donors (Lipinski definition) is 1. The molecule has 1 aromatic carbocycles. The first-order valence-electron chi connectivity index (χ1n) is 6.84. The lowest BCUT2D eigenvalue weighted by Gasteiger charge is -2.24. The number of carbonyl (C=O) groups excluding carboxylic acids is 2. The largest absolute Gasteiger partial charge is 0.490 e. The molecule has 114 valence electrons. The third-order valence-corrected chi connectivity index (χ3v) is 3.32. The number of anilines is 2. The summed E-state index contributed by atoms with van der Waals surface area (Å²) in [5.41, 5.74) is 0.649. The van der Waals surface area contributed by atoms with E-state index >= 15 is 0 Å². The molecular formula is C15H20N2O4. The van der Waals surface area contributed by atoms with Gasteiger partial charge in [-0.15, -0.1) is 0 Å². The molecule has 1 aliphatic heterocycles. The van der Waals surface area contributed by atoms with Crippen molar-refractivity contribution in [3.63, 3.8) is 0 Å². The molecule has 2 rings (SSSR count). The van der Waals surface area contributed by atoms with Crippen LogP contribution in [0.5, 0.6) is 5.75 Å². The van der Waals surface area contributed by atoms with Crippen molar-refractivity contribution < 1.29 is 19.1 Å². The van der Waals surface area contributed by atoms with Gasteiger partial charge in [0, 0.05) is 18.8 Å². The van der Waals surface area contributed by atoms with E-state index in [4.69, 9.17) is 9.47 Å². The van der Waals surface area contributed by atoms with E-state index in [-0.39, 0.29) is 12.5 Å². The van der Waals surface area contributed by atoms with Crippen molar-refractivity contribution in [1.82, 2.24) is 0 Å². The van der Waals surface area contributed by atoms with E-state index in [9.17, 15) is 9.59 Å². The van der Waals surface area contributed by atoms with Gasteiger partial charge in [-0.2, -0.15) is 0 Å². The molecule has 1 heterocycles. The molecule has 0 saturated carbocycles. The number of nitrogens with one attached hydrogen (secondary N) is 1. The highest BCUT2D eigenvalue weighted by Gasteiger charge is 2.36. The van der Waals surface area contributed by atoms with Crippen LogP contribution in [0.2, 0.25) is 0 Å². The summed E-state index contributed by atoms with van der Waals surface area (Å²) in [4.78, 5) is 25.3. The van der Waals surface area contributed by atoms with Crippen LogP contribution in [-0.4, -0.2) is 32.3 Å². The molecular weight excluding hydrogens is 272 g/mol. The standard InChI is InChI=1S/C15H20N2O4/c1-5-20-14(19)16-10-6-7-11-12(8-10)21-9-15(2,3)13(18)17(11)4/h6-8H,5,9H2,1-4H3,(H,16,19). The summed E-state index contributed by atoms with van der Waals surface area (Å²) in [7, 11) is 1.72. The highest BCUT2D eigenvalue weighted by Crippen LogP contribution is 2.37. The summed E-state index contributed by atoms with van der Waals surface area (Å²) in [6.07, 6.45) is -0.518. The number of nitrogens with zero attached hydrogens (tertiary/aromatic N) is 1. The minimum absolute atomic E-state index is 0.00708. The maximum atomic E-state index is 12.3. The average Bonchev–Trinajstić information content (AvgIpc) is 2.51. The van der Waals surface area contributed by atoms with Gasteiger partial charge >= 0.3 is 6.09 Å². The van der Waals surface area contributed by atoms with Gasteiger partial charge in [0.1, 0.15) is 12.4 Å². The van der Waals surface area contributed by atoms with Crippen molar-refractivity contribution >= 4 is 23.4 Å². The second kappa shape index (κ2) is 5.63. The second-order valence-corrected chi connectivity index (χ2v) is 5.56. The molecule has 2 amide bonds. The normalized spacial score (nSPS) is 16.6. The molecule has 0 bridgehead atoms. The number of carbonyl (C=O) groups is 2. The van der Waals surface area contributed by atoms with E-state index in [2.05, 4.69) is 5.32 Å². The SMILES string of the molecule is CCOC(=O)Nc1ccc2c(c1)OCC(C)(C)C(=O)N2C. The fourth-order valence-electron chi connectivity index (χ4n) is 2.15. The molecule has 1 aromatic rings. The van der Waals surface area contributed by atoms with E-state index < -0.39 is 11.5 Å². The lowest BCUT2D eigenvalue weighted by Crippen LogP contribution is -2.39. The Morgan fingerprint density at radius 3 is 2.86 bits per heavy atom. The van der Waals surface area contributed by atoms with Gasteiger partial charge in [-0.3, -0.25) is 10.1 Å². The van der Waals surface area contributed by atoms with Crippen LogP contribution in [0.15, 0.2) is 18.2 Å². The van der Waals surface area contributed by atoms with Crippen LogP contribution in [0.1, 0.15) is 20.8 Å². The van der Waals surface area contributed by atoms with Crippen molar-refractivity contribution in [3.8, 4) is 5.75 Å². The Morgan fingerprint density at radius 2 is 2.19 bits per heavy atom. The summed E-state index contributed by atoms with van der Waals surface area (Å²) in [6.45, 7) is 6.01. The van der Waals surface area contributed by atoms with Gasteiger partial charge in [0.15, 0.2) is 0 Å². The first kappa shape index (κ1) is 15.2. The average molecular weight is 292 g/mol. The van der Waals surface area contributed by atoms with E-state index in [0.717, 1.165) is 0 Å². The summed E-state index contributed by atoms with van der Waals surface area (Å²) in [5.74, 6) is 0.554. The molecule has 0 radical (unpaired) electrons. The van der Waals surface area contributed by atoms with Crippen molar-refractivity contribution in [2.24, 2.45) is 5.41 Å². The number of rotatable bonds is 2. The highest BCUT2D eigenvalue weighted by molar-refractivity contribution is 5.99. The molecule has 0 aromatic heterocycles. The number of hydrogen-bond acceptors (Lipinski definition) is 4. The van der Waals surface area contributed by atoms with Crippen molar-refractivity contribution in [2.75, 3.05) is 30.5 Å². The number of benzene rings is 1. The predicted octanol–water partition coefficient (Wildman–Crippen LogP) is 2.64. The zero-order chi connectivity index (χ0) is 15.6. The van der Waals surface area contributed by atoms with Crippen LogP contribution >= 0.6 is 0 Å². The zero-order valence-electron chi connectivity index (χ0n) is 12.7. The smallest absolute Gasteiger partial charge is 0.411 e. The lowest BCUT2D eigenvalue weighted by molar-refractivity contribution is -0.127. The maximum Gasteiger partial charge on any atom is 0.411 e. The van der Waals surface area contributed by atoms with E-state index in [1.165, 1.54) is 0 Å². The van der Waals surface area contributed by atoms with Crippen LogP contribution in [0.25, 0.3) is 0 Å². The monoisotopic (exact) mass is 292 g/mol. The van der Waals surface area contributed by atoms with Gasteiger partial charge in [-0.25, -0.2) is 4.79 Å². The second-order valence-electron chi connectivity index (χ2n) is 5.56. The minimum atomic E-state index is -0.595. The molecule has 6 nitrogen and oxygen atoms in total. The highest BCUT2D eigenvalue weighted by atomic mass is 16.5. The van der Waals surface area contributed by atoms with Gasteiger partial charge in [0.25, 0.3) is 0 Å². The predicted molar refractivity (Wildman–Crippen MR) is 79.8 cm³/mol. The van der Waals surface area contributed by atoms with E-state index in [1.807, 2.05) is 13.8 Å². The molecule has 0 unspecified atom stereocenters. The first-order valence-corrected chi connectivity index (χ1v) is 6.84. The summed E-state index contributed by atoms with van der Waals surface area (Å²) < 4.78 is 10.6. The Morgan fingerprint density at radius 1 is 1.48 bits per heavy atom. The van der Waals surface area contributed by atoms with Gasteiger partial charge in [-0.05, 0) is 32.9 Å². The summed E-state index contributed by atoms with van der Waals surface area (Å²) >= 11 is 0. The Labute approximate surface area is 124 Å². The van der Waals surface area contributed by atoms with E-state index in [1.54, 1.807) is 37.1 Å². The maximum absolute atomic E-state index is 12.3. The molecule has 6 heteroatoms. The van der Waals surface area contributed by atoms with Crippen molar-refractivity contribution in [3.05, 3.63) is 18.2 Å². The minimum Gasteiger partial charge on any atom is -0.490 e. The van der Waals surface area contributed by atoms with Crippen LogP contribution in [0.3, 0.4) is 0 Å². The topological polar surface area (TPSA) is 67.9 Å². The molecule has 0 saturated heterocycles. The van der Waals surface area contributed by atoms with Gasteiger partial charge in [0.05, 0.1) is 17.7 Å². The zero-order valence-corrected chi connectivity index (χ0v) is 12.7. The third kappa shape index (κ3) is 3.09. The van der Waals surface area contributed by atoms with Crippen LogP contribution in [0, 0.1) is 5.41 Å². The number of amides is 2. The Hall–Kier alpha value is -2.24.